The van der Waals surface area contributed by atoms with Gasteiger partial charge in [0, 0.05) is 6.07 Å². The van der Waals surface area contributed by atoms with Crippen LogP contribution in [0.4, 0.5) is 10.1 Å². The number of nitrogens with zero attached hydrogens (tertiary/aromatic N) is 1. The van der Waals surface area contributed by atoms with Gasteiger partial charge in [0.2, 0.25) is 5.75 Å². The van der Waals surface area contributed by atoms with E-state index in [2.05, 4.69) is 0 Å². The smallest absolute Gasteiger partial charge is 0.311 e. The Hall–Kier alpha value is -2.18. The summed E-state index contributed by atoms with van der Waals surface area (Å²) in [6, 6.07) is 8.08. The normalized spacial score (nSPS) is 12.0. The Morgan fingerprint density at radius 2 is 2.05 bits per heavy atom. The molecule has 0 heterocycles. The molecular weight excluding hydrogens is 301 g/mol. The van der Waals surface area contributed by atoms with Gasteiger partial charge < -0.3 is 9.84 Å². The molecule has 0 bridgehead atoms. The molecule has 1 N–H and O–H groups in total. The average molecular weight is 312 g/mol. The maximum atomic E-state index is 13.8. The molecule has 0 spiro atoms. The highest BCUT2D eigenvalue weighted by molar-refractivity contribution is 6.30. The monoisotopic (exact) mass is 311 g/mol. The van der Waals surface area contributed by atoms with Crippen molar-refractivity contribution in [3.8, 4) is 11.5 Å². The predicted molar refractivity (Wildman–Crippen MR) is 75.2 cm³/mol. The third-order valence-corrected chi connectivity index (χ3v) is 3.09. The van der Waals surface area contributed by atoms with Crippen molar-refractivity contribution < 1.29 is 19.2 Å². The van der Waals surface area contributed by atoms with E-state index in [0.29, 0.717) is 5.56 Å². The Balaban J connectivity index is 2.44. The molecule has 0 radical (unpaired) electrons. The fourth-order valence-corrected chi connectivity index (χ4v) is 1.87. The largest absolute Gasteiger partial charge is 0.447 e. The molecule has 0 aromatic heterocycles. The van der Waals surface area contributed by atoms with E-state index >= 15 is 0 Å². The zero-order chi connectivity index (χ0) is 15.6. The van der Waals surface area contributed by atoms with E-state index in [4.69, 9.17) is 16.3 Å². The molecule has 0 aliphatic rings. The fraction of sp³-hybridized carbons (Fsp3) is 0.143. The van der Waals surface area contributed by atoms with Crippen LogP contribution in [0.3, 0.4) is 0 Å². The van der Waals surface area contributed by atoms with Crippen molar-refractivity contribution in [2.24, 2.45) is 0 Å². The number of aliphatic hydroxyl groups is 1. The Bertz CT molecular complexity index is 691. The first-order valence-corrected chi connectivity index (χ1v) is 6.36. The van der Waals surface area contributed by atoms with Gasteiger partial charge in [-0.05, 0) is 30.7 Å². The molecule has 0 aliphatic heterocycles. The molecule has 0 unspecified atom stereocenters. The first kappa shape index (κ1) is 15.2. The molecule has 21 heavy (non-hydrogen) atoms. The number of nitro groups is 1. The van der Waals surface area contributed by atoms with Crippen molar-refractivity contribution in [1.29, 1.82) is 0 Å². The molecule has 2 rings (SSSR count). The highest BCUT2D eigenvalue weighted by Crippen LogP contribution is 2.35. The van der Waals surface area contributed by atoms with Crippen LogP contribution < -0.4 is 4.74 Å². The van der Waals surface area contributed by atoms with Crippen LogP contribution in [0.2, 0.25) is 5.02 Å². The Labute approximate surface area is 124 Å². The molecule has 110 valence electrons. The van der Waals surface area contributed by atoms with Crippen molar-refractivity contribution >= 4 is 17.3 Å². The van der Waals surface area contributed by atoms with E-state index in [9.17, 15) is 19.6 Å². The first-order valence-electron chi connectivity index (χ1n) is 5.98. The van der Waals surface area contributed by atoms with E-state index < -0.39 is 16.8 Å². The van der Waals surface area contributed by atoms with E-state index in [-0.39, 0.29) is 22.2 Å². The van der Waals surface area contributed by atoms with Crippen molar-refractivity contribution in [3.63, 3.8) is 0 Å². The van der Waals surface area contributed by atoms with Gasteiger partial charge in [-0.2, -0.15) is 0 Å². The molecule has 0 amide bonds. The second-order valence-electron chi connectivity index (χ2n) is 4.31. The van der Waals surface area contributed by atoms with Gasteiger partial charge in [0.05, 0.1) is 16.0 Å². The lowest BCUT2D eigenvalue weighted by Gasteiger charge is -2.10. The van der Waals surface area contributed by atoms with Crippen LogP contribution in [-0.4, -0.2) is 10.0 Å². The molecule has 7 heteroatoms. The first-order chi connectivity index (χ1) is 9.90. The predicted octanol–water partition coefficient (Wildman–Crippen LogP) is 4.23. The van der Waals surface area contributed by atoms with E-state index in [0.717, 1.165) is 0 Å². The molecular formula is C14H11ClFNO4. The lowest BCUT2D eigenvalue weighted by atomic mass is 10.1. The molecule has 2 aromatic rings. The van der Waals surface area contributed by atoms with Gasteiger partial charge in [0.25, 0.3) is 0 Å². The van der Waals surface area contributed by atoms with Gasteiger partial charge in [-0.3, -0.25) is 10.1 Å². The molecule has 0 fully saturated rings. The Kier molecular flexibility index (Phi) is 4.40. The molecule has 5 nitrogen and oxygen atoms in total. The van der Waals surface area contributed by atoms with Gasteiger partial charge >= 0.3 is 5.69 Å². The number of rotatable bonds is 4. The summed E-state index contributed by atoms with van der Waals surface area (Å²) in [5, 5.41) is 20.4. The molecule has 0 aliphatic carbocycles. The topological polar surface area (TPSA) is 72.6 Å². The summed E-state index contributed by atoms with van der Waals surface area (Å²) in [6.07, 6.45) is -0.861. The number of halogens is 2. The minimum atomic E-state index is -0.861. The molecule has 0 saturated carbocycles. The SMILES string of the molecule is C[C@@H](O)c1ccc(Oc2cccc(Cl)c2F)c([N+](=O)[O-])c1. The summed E-state index contributed by atoms with van der Waals surface area (Å²) >= 11 is 5.63. The minimum Gasteiger partial charge on any atom is -0.447 e. The van der Waals surface area contributed by atoms with Crippen LogP contribution in [0, 0.1) is 15.9 Å². The number of hydrogen-bond donors (Lipinski definition) is 1. The van der Waals surface area contributed by atoms with Crippen LogP contribution >= 0.6 is 11.6 Å². The second-order valence-corrected chi connectivity index (χ2v) is 4.72. The van der Waals surface area contributed by atoms with Gasteiger partial charge in [-0.15, -0.1) is 0 Å². The maximum Gasteiger partial charge on any atom is 0.311 e. The fourth-order valence-electron chi connectivity index (χ4n) is 1.70. The van der Waals surface area contributed by atoms with E-state index in [1.54, 1.807) is 0 Å². The van der Waals surface area contributed by atoms with Gasteiger partial charge in [0.1, 0.15) is 0 Å². The van der Waals surface area contributed by atoms with E-state index in [1.165, 1.54) is 43.3 Å². The maximum absolute atomic E-state index is 13.8. The third kappa shape index (κ3) is 3.29. The molecule has 2 aromatic carbocycles. The summed E-state index contributed by atoms with van der Waals surface area (Å²) in [5.74, 6) is -1.14. The lowest BCUT2D eigenvalue weighted by molar-refractivity contribution is -0.385. The number of aliphatic hydroxyl groups excluding tert-OH is 1. The quantitative estimate of drug-likeness (QED) is 0.677. The highest BCUT2D eigenvalue weighted by Gasteiger charge is 2.20. The Morgan fingerprint density at radius 3 is 2.67 bits per heavy atom. The number of hydrogen-bond acceptors (Lipinski definition) is 4. The van der Waals surface area contributed by atoms with Crippen LogP contribution in [0.25, 0.3) is 0 Å². The van der Waals surface area contributed by atoms with Crippen LogP contribution in [0.1, 0.15) is 18.6 Å². The van der Waals surface area contributed by atoms with Gasteiger partial charge in [-0.1, -0.05) is 23.7 Å². The average Bonchev–Trinajstić information content (AvgIpc) is 2.43. The minimum absolute atomic E-state index is 0.134. The van der Waals surface area contributed by atoms with Crippen LogP contribution in [0.15, 0.2) is 36.4 Å². The van der Waals surface area contributed by atoms with Crippen molar-refractivity contribution in [3.05, 3.63) is 62.9 Å². The number of benzene rings is 2. The zero-order valence-corrected chi connectivity index (χ0v) is 11.7. The second kappa shape index (κ2) is 6.07. The molecule has 1 atom stereocenters. The third-order valence-electron chi connectivity index (χ3n) is 2.80. The Morgan fingerprint density at radius 1 is 1.33 bits per heavy atom. The van der Waals surface area contributed by atoms with E-state index in [1.807, 2.05) is 0 Å². The molecule has 0 saturated heterocycles. The van der Waals surface area contributed by atoms with Gasteiger partial charge in [0.15, 0.2) is 11.6 Å². The van der Waals surface area contributed by atoms with Crippen molar-refractivity contribution in [1.82, 2.24) is 0 Å². The number of nitro benzene ring substituents is 1. The summed E-state index contributed by atoms with van der Waals surface area (Å²) in [4.78, 5) is 10.4. The summed E-state index contributed by atoms with van der Waals surface area (Å²) in [6.45, 7) is 1.48. The van der Waals surface area contributed by atoms with Crippen molar-refractivity contribution in [2.75, 3.05) is 0 Å². The lowest BCUT2D eigenvalue weighted by Crippen LogP contribution is -1.98. The van der Waals surface area contributed by atoms with Crippen molar-refractivity contribution in [2.45, 2.75) is 13.0 Å². The van der Waals surface area contributed by atoms with Gasteiger partial charge in [-0.25, -0.2) is 4.39 Å². The number of ether oxygens (including phenoxy) is 1. The zero-order valence-electron chi connectivity index (χ0n) is 10.9. The summed E-state index contributed by atoms with van der Waals surface area (Å²) < 4.78 is 19.0. The van der Waals surface area contributed by atoms with Crippen LogP contribution in [0.5, 0.6) is 11.5 Å². The standard InChI is InChI=1S/C14H11ClFNO4/c1-8(18)9-5-6-12(11(7-9)17(19)20)21-13-4-2-3-10(15)14(13)16/h2-8,18H,1H3/t8-/m1/s1. The highest BCUT2D eigenvalue weighted by atomic mass is 35.5. The summed E-state index contributed by atoms with van der Waals surface area (Å²) in [7, 11) is 0. The summed E-state index contributed by atoms with van der Waals surface area (Å²) in [5.41, 5.74) is -0.00612. The van der Waals surface area contributed by atoms with Crippen LogP contribution in [-0.2, 0) is 0 Å².